The van der Waals surface area contributed by atoms with Crippen LogP contribution in [0.2, 0.25) is 0 Å². The maximum atomic E-state index is 12.2. The van der Waals surface area contributed by atoms with Crippen molar-refractivity contribution in [3.05, 3.63) is 53.6 Å². The van der Waals surface area contributed by atoms with Crippen molar-refractivity contribution in [3.63, 3.8) is 0 Å². The molecule has 0 fully saturated rings. The fourth-order valence-electron chi connectivity index (χ4n) is 2.23. The van der Waals surface area contributed by atoms with Crippen LogP contribution < -0.4 is 25.0 Å². The fourth-order valence-corrected chi connectivity index (χ4v) is 2.23. The van der Waals surface area contributed by atoms with Gasteiger partial charge in [-0.1, -0.05) is 5.92 Å². The van der Waals surface area contributed by atoms with Gasteiger partial charge in [0.15, 0.2) is 11.5 Å². The van der Waals surface area contributed by atoms with Crippen LogP contribution in [0, 0.1) is 12.3 Å². The number of terminal acetylenes is 1. The first kappa shape index (κ1) is 21.3. The van der Waals surface area contributed by atoms with Gasteiger partial charge < -0.3 is 19.5 Å². The van der Waals surface area contributed by atoms with Gasteiger partial charge in [0.1, 0.15) is 12.4 Å². The van der Waals surface area contributed by atoms with Crippen molar-refractivity contribution in [1.82, 2.24) is 10.7 Å². The lowest BCUT2D eigenvalue weighted by Gasteiger charge is -2.09. The van der Waals surface area contributed by atoms with Gasteiger partial charge in [-0.25, -0.2) is 5.43 Å². The summed E-state index contributed by atoms with van der Waals surface area (Å²) in [5.41, 5.74) is 3.44. The van der Waals surface area contributed by atoms with Gasteiger partial charge in [0, 0.05) is 5.56 Å². The number of ether oxygens (including phenoxy) is 3. The molecule has 0 unspecified atom stereocenters. The average Bonchev–Trinajstić information content (AvgIpc) is 2.76. The minimum Gasteiger partial charge on any atom is -0.493 e. The standard InChI is InChI=1S/C21H21N3O5/c1-4-11-29-17-8-5-15(6-9-17)13-23-24-20(25)14-22-21(26)16-7-10-18(27-2)19(12-16)28-3/h1,5-10,12-13H,11,14H2,2-3H3,(H,22,26)(H,24,25)/b23-13-. The third-order valence-corrected chi connectivity index (χ3v) is 3.66. The van der Waals surface area contributed by atoms with Gasteiger partial charge in [-0.05, 0) is 48.0 Å². The molecule has 2 N–H and O–H groups in total. The lowest BCUT2D eigenvalue weighted by molar-refractivity contribution is -0.120. The third kappa shape index (κ3) is 6.59. The number of amides is 2. The molecule has 2 aromatic rings. The zero-order chi connectivity index (χ0) is 21.1. The number of nitrogens with one attached hydrogen (secondary N) is 2. The molecule has 2 aromatic carbocycles. The molecule has 0 aliphatic rings. The summed E-state index contributed by atoms with van der Waals surface area (Å²) < 4.78 is 15.5. The number of nitrogens with zero attached hydrogens (tertiary/aromatic N) is 1. The second-order valence-corrected chi connectivity index (χ2v) is 5.61. The van der Waals surface area contributed by atoms with Crippen molar-refractivity contribution < 1.29 is 23.8 Å². The molecule has 0 atom stereocenters. The molecule has 0 saturated heterocycles. The summed E-state index contributed by atoms with van der Waals surface area (Å²) in [5.74, 6) is 3.06. The smallest absolute Gasteiger partial charge is 0.259 e. The molecule has 2 amide bonds. The molecule has 0 aliphatic carbocycles. The molecule has 0 aliphatic heterocycles. The van der Waals surface area contributed by atoms with Crippen molar-refractivity contribution in [1.29, 1.82) is 0 Å². The highest BCUT2D eigenvalue weighted by Gasteiger charge is 2.11. The summed E-state index contributed by atoms with van der Waals surface area (Å²) in [5, 5.41) is 6.36. The molecule has 8 nitrogen and oxygen atoms in total. The van der Waals surface area contributed by atoms with Crippen LogP contribution in [0.1, 0.15) is 15.9 Å². The van der Waals surface area contributed by atoms with E-state index in [0.29, 0.717) is 22.8 Å². The van der Waals surface area contributed by atoms with Gasteiger partial charge in [0.25, 0.3) is 11.8 Å². The van der Waals surface area contributed by atoms with E-state index >= 15 is 0 Å². The molecular weight excluding hydrogens is 374 g/mol. The first-order valence-electron chi connectivity index (χ1n) is 8.56. The number of hydrogen-bond donors (Lipinski definition) is 2. The number of hydrogen-bond acceptors (Lipinski definition) is 6. The van der Waals surface area contributed by atoms with Gasteiger partial charge in [0.05, 0.1) is 27.0 Å². The molecule has 0 saturated carbocycles. The molecule has 8 heteroatoms. The Labute approximate surface area is 168 Å². The van der Waals surface area contributed by atoms with Crippen LogP contribution in [0.4, 0.5) is 0 Å². The van der Waals surface area contributed by atoms with Crippen LogP contribution in [-0.2, 0) is 4.79 Å². The Bertz CT molecular complexity index is 917. The fraction of sp³-hybridized carbons (Fsp3) is 0.190. The van der Waals surface area contributed by atoms with E-state index in [2.05, 4.69) is 21.8 Å². The van der Waals surface area contributed by atoms with Crippen LogP contribution in [-0.4, -0.2) is 45.4 Å². The Balaban J connectivity index is 1.81. The first-order valence-corrected chi connectivity index (χ1v) is 8.56. The second-order valence-electron chi connectivity index (χ2n) is 5.61. The van der Waals surface area contributed by atoms with E-state index in [1.165, 1.54) is 26.5 Å². The number of carbonyl (C=O) groups excluding carboxylic acids is 2. The quantitative estimate of drug-likeness (QED) is 0.382. The topological polar surface area (TPSA) is 98.2 Å². The number of methoxy groups -OCH3 is 2. The zero-order valence-electron chi connectivity index (χ0n) is 16.1. The minimum atomic E-state index is -0.468. The molecule has 2 rings (SSSR count). The third-order valence-electron chi connectivity index (χ3n) is 3.66. The zero-order valence-corrected chi connectivity index (χ0v) is 16.1. The lowest BCUT2D eigenvalue weighted by Crippen LogP contribution is -2.34. The Morgan fingerprint density at radius 3 is 2.48 bits per heavy atom. The minimum absolute atomic E-state index is 0.193. The Morgan fingerprint density at radius 1 is 1.10 bits per heavy atom. The maximum absolute atomic E-state index is 12.2. The van der Waals surface area contributed by atoms with Crippen LogP contribution >= 0.6 is 0 Å². The normalized spacial score (nSPS) is 10.1. The van der Waals surface area contributed by atoms with Gasteiger partial charge in [-0.15, -0.1) is 6.42 Å². The van der Waals surface area contributed by atoms with Crippen molar-refractivity contribution in [2.24, 2.45) is 5.10 Å². The number of rotatable bonds is 9. The summed E-state index contributed by atoms with van der Waals surface area (Å²) in [6.45, 7) is -0.0398. The molecule has 0 bridgehead atoms. The highest BCUT2D eigenvalue weighted by molar-refractivity contribution is 5.97. The van der Waals surface area contributed by atoms with E-state index in [4.69, 9.17) is 20.6 Å². The lowest BCUT2D eigenvalue weighted by atomic mass is 10.2. The summed E-state index contributed by atoms with van der Waals surface area (Å²) in [4.78, 5) is 24.0. The van der Waals surface area contributed by atoms with E-state index in [1.807, 2.05) is 0 Å². The summed E-state index contributed by atoms with van der Waals surface area (Å²) in [7, 11) is 2.98. The van der Waals surface area contributed by atoms with E-state index < -0.39 is 11.8 Å². The molecule has 29 heavy (non-hydrogen) atoms. The van der Waals surface area contributed by atoms with Crippen molar-refractivity contribution >= 4 is 18.0 Å². The van der Waals surface area contributed by atoms with E-state index in [9.17, 15) is 9.59 Å². The van der Waals surface area contributed by atoms with E-state index in [-0.39, 0.29) is 13.2 Å². The van der Waals surface area contributed by atoms with Gasteiger partial charge >= 0.3 is 0 Å². The SMILES string of the molecule is C#CCOc1ccc(/C=N\NC(=O)CNC(=O)c2ccc(OC)c(OC)c2)cc1. The van der Waals surface area contributed by atoms with Crippen molar-refractivity contribution in [2.75, 3.05) is 27.4 Å². The largest absolute Gasteiger partial charge is 0.493 e. The number of hydrazone groups is 1. The van der Waals surface area contributed by atoms with Crippen LogP contribution in [0.15, 0.2) is 47.6 Å². The van der Waals surface area contributed by atoms with Gasteiger partial charge in [0.2, 0.25) is 0 Å². The maximum Gasteiger partial charge on any atom is 0.259 e. The summed E-state index contributed by atoms with van der Waals surface area (Å²) in [6, 6.07) is 11.7. The molecule has 0 spiro atoms. The second kappa shape index (κ2) is 11.0. The van der Waals surface area contributed by atoms with Gasteiger partial charge in [-0.2, -0.15) is 5.10 Å². The van der Waals surface area contributed by atoms with Crippen LogP contribution in [0.25, 0.3) is 0 Å². The number of carbonyl (C=O) groups is 2. The van der Waals surface area contributed by atoms with Crippen molar-refractivity contribution in [2.45, 2.75) is 0 Å². The molecule has 0 heterocycles. The average molecular weight is 395 g/mol. The number of benzene rings is 2. The predicted molar refractivity (Wildman–Crippen MR) is 108 cm³/mol. The van der Waals surface area contributed by atoms with Crippen LogP contribution in [0.5, 0.6) is 17.2 Å². The highest BCUT2D eigenvalue weighted by Crippen LogP contribution is 2.27. The predicted octanol–water partition coefficient (Wildman–Crippen LogP) is 1.60. The monoisotopic (exact) mass is 395 g/mol. The van der Waals surface area contributed by atoms with E-state index in [1.54, 1.807) is 36.4 Å². The van der Waals surface area contributed by atoms with Crippen molar-refractivity contribution in [3.8, 4) is 29.6 Å². The highest BCUT2D eigenvalue weighted by atomic mass is 16.5. The Morgan fingerprint density at radius 2 is 1.83 bits per heavy atom. The van der Waals surface area contributed by atoms with Gasteiger partial charge in [-0.3, -0.25) is 9.59 Å². The summed E-state index contributed by atoms with van der Waals surface area (Å²) >= 11 is 0. The van der Waals surface area contributed by atoms with E-state index in [0.717, 1.165) is 5.56 Å². The molecular formula is C21H21N3O5. The molecule has 0 radical (unpaired) electrons. The van der Waals surface area contributed by atoms with Crippen LogP contribution in [0.3, 0.4) is 0 Å². The summed E-state index contributed by atoms with van der Waals surface area (Å²) in [6.07, 6.45) is 6.60. The first-order chi connectivity index (χ1) is 14.1. The molecule has 0 aromatic heterocycles. The molecule has 150 valence electrons. The Hall–Kier alpha value is -3.99. The Kier molecular flexibility index (Phi) is 8.08.